The van der Waals surface area contributed by atoms with Gasteiger partial charge >= 0.3 is 0 Å². The molecular formula is C9H23NO4S. The first-order valence-electron chi connectivity index (χ1n) is 5.20. The van der Waals surface area contributed by atoms with E-state index in [0.29, 0.717) is 13.0 Å². The van der Waals surface area contributed by atoms with E-state index in [1.807, 2.05) is 0 Å². The fourth-order valence-electron chi connectivity index (χ4n) is 0.816. The number of hydrogen-bond acceptors (Lipinski definition) is 4. The van der Waals surface area contributed by atoms with Crippen molar-refractivity contribution < 1.29 is 18.1 Å². The minimum absolute atomic E-state index is 0.132. The predicted molar refractivity (Wildman–Crippen MR) is 61.3 cm³/mol. The second-order valence-electron chi connectivity index (χ2n) is 3.32. The van der Waals surface area contributed by atoms with Gasteiger partial charge in [-0.2, -0.15) is 8.42 Å². The van der Waals surface area contributed by atoms with Crippen LogP contribution in [0.1, 0.15) is 39.5 Å². The van der Waals surface area contributed by atoms with Gasteiger partial charge in [0.2, 0.25) is 0 Å². The molecule has 0 radical (unpaired) electrons. The Hall–Kier alpha value is -0.170. The molecule has 0 aromatic carbocycles. The summed E-state index contributed by atoms with van der Waals surface area (Å²) >= 11 is 0. The van der Waals surface area contributed by atoms with Crippen LogP contribution >= 0.6 is 0 Å². The summed E-state index contributed by atoms with van der Waals surface area (Å²) < 4.78 is 27.6. The van der Waals surface area contributed by atoms with Gasteiger partial charge in [0.05, 0.1) is 11.9 Å². The minimum Gasteiger partial charge on any atom is -0.392 e. The van der Waals surface area contributed by atoms with E-state index in [4.69, 9.17) is 15.4 Å². The summed E-state index contributed by atoms with van der Waals surface area (Å²) in [5, 5.41) is 8.86. The van der Waals surface area contributed by atoms with Crippen LogP contribution in [-0.4, -0.2) is 36.5 Å². The number of aliphatic hydroxyl groups excluding tert-OH is 1. The predicted octanol–water partition coefficient (Wildman–Crippen LogP) is 0.780. The van der Waals surface area contributed by atoms with Gasteiger partial charge in [0.15, 0.2) is 0 Å². The fraction of sp³-hybridized carbons (Fsp3) is 1.00. The largest absolute Gasteiger partial charge is 0.392 e. The third kappa shape index (κ3) is 20.0. The minimum atomic E-state index is -3.67. The third-order valence-corrected chi connectivity index (χ3v) is 2.55. The molecule has 1 unspecified atom stereocenters. The van der Waals surface area contributed by atoms with Crippen LogP contribution in [0.4, 0.5) is 0 Å². The maximum Gasteiger partial charge on any atom is 0.264 e. The van der Waals surface area contributed by atoms with Gasteiger partial charge in [0.25, 0.3) is 10.1 Å². The molecule has 0 saturated heterocycles. The molecule has 1 atom stereocenters. The van der Waals surface area contributed by atoms with Crippen LogP contribution in [0.15, 0.2) is 0 Å². The Balaban J connectivity index is 0. The van der Waals surface area contributed by atoms with Gasteiger partial charge in [-0.15, -0.1) is 0 Å². The van der Waals surface area contributed by atoms with E-state index in [1.54, 1.807) is 6.92 Å². The molecule has 0 bridgehead atoms. The molecule has 4 N–H and O–H groups in total. The molecule has 0 amide bonds. The summed E-state index contributed by atoms with van der Waals surface area (Å²) in [5.41, 5.74) is 5.16. The first-order chi connectivity index (χ1) is 6.87. The van der Waals surface area contributed by atoms with E-state index in [9.17, 15) is 8.42 Å². The van der Waals surface area contributed by atoms with Gasteiger partial charge < -0.3 is 10.8 Å². The summed E-state index contributed by atoms with van der Waals surface area (Å²) in [6.07, 6.45) is 3.27. The highest BCUT2D eigenvalue weighted by atomic mass is 32.2. The fourth-order valence-corrected chi connectivity index (χ4v) is 1.33. The molecule has 0 saturated carbocycles. The van der Waals surface area contributed by atoms with E-state index in [-0.39, 0.29) is 11.9 Å². The van der Waals surface area contributed by atoms with E-state index < -0.39 is 10.1 Å². The summed E-state index contributed by atoms with van der Waals surface area (Å²) in [6.45, 7) is 4.19. The Morgan fingerprint density at radius 1 is 1.27 bits per heavy atom. The number of rotatable bonds is 6. The van der Waals surface area contributed by atoms with Gasteiger partial charge in [-0.05, 0) is 12.8 Å². The average Bonchev–Trinajstić information content (AvgIpc) is 2.13. The Morgan fingerprint density at radius 2 is 1.80 bits per heavy atom. The molecule has 5 nitrogen and oxygen atoms in total. The molecule has 0 rings (SSSR count). The highest BCUT2D eigenvalue weighted by molar-refractivity contribution is 7.85. The smallest absolute Gasteiger partial charge is 0.264 e. The van der Waals surface area contributed by atoms with Crippen LogP contribution in [0, 0.1) is 0 Å². The van der Waals surface area contributed by atoms with E-state index in [0.717, 1.165) is 19.3 Å². The van der Waals surface area contributed by atoms with Crippen LogP contribution in [0.25, 0.3) is 0 Å². The van der Waals surface area contributed by atoms with Crippen molar-refractivity contribution in [3.05, 3.63) is 0 Å². The van der Waals surface area contributed by atoms with Crippen LogP contribution in [0.3, 0.4) is 0 Å². The quantitative estimate of drug-likeness (QED) is 0.597. The van der Waals surface area contributed by atoms with E-state index >= 15 is 0 Å². The summed E-state index contributed by atoms with van der Waals surface area (Å²) in [6, 6.07) is 0. The molecule has 0 aromatic heterocycles. The van der Waals surface area contributed by atoms with Crippen LogP contribution in [0.2, 0.25) is 0 Å². The van der Waals surface area contributed by atoms with Crippen molar-refractivity contribution in [2.75, 3.05) is 12.3 Å². The molecule has 0 aliphatic carbocycles. The SMILES string of the molecule is CCCCC(O)CN.CCCS(=O)(=O)O. The summed E-state index contributed by atoms with van der Waals surface area (Å²) in [5.74, 6) is -0.132. The van der Waals surface area contributed by atoms with Crippen molar-refractivity contribution in [1.29, 1.82) is 0 Å². The summed E-state index contributed by atoms with van der Waals surface area (Å²) in [4.78, 5) is 0. The molecule has 6 heteroatoms. The Bertz CT molecular complexity index is 216. The molecule has 0 aliphatic rings. The number of unbranched alkanes of at least 4 members (excludes halogenated alkanes) is 1. The van der Waals surface area contributed by atoms with Crippen molar-refractivity contribution in [2.45, 2.75) is 45.6 Å². The number of nitrogens with two attached hydrogens (primary N) is 1. The van der Waals surface area contributed by atoms with Crippen molar-refractivity contribution in [3.63, 3.8) is 0 Å². The Labute approximate surface area is 92.4 Å². The molecule has 15 heavy (non-hydrogen) atoms. The van der Waals surface area contributed by atoms with E-state index in [2.05, 4.69) is 6.92 Å². The standard InChI is InChI=1S/C6H15NO.C3H8O3S/c1-2-3-4-6(8)5-7;1-2-3-7(4,5)6/h6,8H,2-5,7H2,1H3;2-3H2,1H3,(H,4,5,6). The highest BCUT2D eigenvalue weighted by Crippen LogP contribution is 1.97. The molecule has 0 aromatic rings. The molecule has 0 aliphatic heterocycles. The van der Waals surface area contributed by atoms with Crippen molar-refractivity contribution >= 4 is 10.1 Å². The maximum absolute atomic E-state index is 9.79. The van der Waals surface area contributed by atoms with Crippen LogP contribution in [-0.2, 0) is 10.1 Å². The van der Waals surface area contributed by atoms with Gasteiger partial charge in [-0.25, -0.2) is 0 Å². The zero-order valence-electron chi connectivity index (χ0n) is 9.52. The Morgan fingerprint density at radius 3 is 2.00 bits per heavy atom. The Kier molecular flexibility index (Phi) is 11.9. The van der Waals surface area contributed by atoms with Gasteiger partial charge in [0, 0.05) is 6.54 Å². The molecule has 0 spiro atoms. The monoisotopic (exact) mass is 241 g/mol. The lowest BCUT2D eigenvalue weighted by atomic mass is 10.2. The number of aliphatic hydroxyl groups is 1. The normalized spacial score (nSPS) is 12.9. The van der Waals surface area contributed by atoms with Crippen LogP contribution < -0.4 is 5.73 Å². The third-order valence-electron chi connectivity index (χ3n) is 1.63. The highest BCUT2D eigenvalue weighted by Gasteiger charge is 1.98. The lowest BCUT2D eigenvalue weighted by Crippen LogP contribution is -2.18. The second-order valence-corrected chi connectivity index (χ2v) is 4.89. The van der Waals surface area contributed by atoms with Gasteiger partial charge in [-0.3, -0.25) is 4.55 Å². The maximum atomic E-state index is 9.79. The lowest BCUT2D eigenvalue weighted by Gasteiger charge is -2.03. The van der Waals surface area contributed by atoms with Gasteiger partial charge in [0.1, 0.15) is 0 Å². The lowest BCUT2D eigenvalue weighted by molar-refractivity contribution is 0.169. The topological polar surface area (TPSA) is 101 Å². The second kappa shape index (κ2) is 10.4. The molecule has 0 fully saturated rings. The first-order valence-corrected chi connectivity index (χ1v) is 6.81. The zero-order chi connectivity index (χ0) is 12.3. The van der Waals surface area contributed by atoms with Crippen molar-refractivity contribution in [1.82, 2.24) is 0 Å². The molecule has 94 valence electrons. The molecule has 0 heterocycles. The van der Waals surface area contributed by atoms with Crippen molar-refractivity contribution in [2.24, 2.45) is 5.73 Å². The number of hydrogen-bond donors (Lipinski definition) is 3. The summed E-state index contributed by atoms with van der Waals surface area (Å²) in [7, 11) is -3.67. The average molecular weight is 241 g/mol. The van der Waals surface area contributed by atoms with Gasteiger partial charge in [-0.1, -0.05) is 26.7 Å². The first kappa shape index (κ1) is 17.2. The van der Waals surface area contributed by atoms with Crippen LogP contribution in [0.5, 0.6) is 0 Å². The zero-order valence-corrected chi connectivity index (χ0v) is 10.3. The molecular weight excluding hydrogens is 218 g/mol. The van der Waals surface area contributed by atoms with Crippen molar-refractivity contribution in [3.8, 4) is 0 Å². The van der Waals surface area contributed by atoms with E-state index in [1.165, 1.54) is 0 Å².